The highest BCUT2D eigenvalue weighted by Gasteiger charge is 2.18. The summed E-state index contributed by atoms with van der Waals surface area (Å²) in [5.74, 6) is -0.656. The molecule has 1 unspecified atom stereocenters. The number of carbonyl (C=O) groups is 2. The minimum Gasteiger partial charge on any atom is -0.341 e. The highest BCUT2D eigenvalue weighted by molar-refractivity contribution is 6.30. The van der Waals surface area contributed by atoms with E-state index in [-0.39, 0.29) is 11.8 Å². The second-order valence-electron chi connectivity index (χ2n) is 6.66. The fraction of sp³-hybridized carbons (Fsp3) is 0.300. The van der Waals surface area contributed by atoms with Gasteiger partial charge in [-0.25, -0.2) is 4.68 Å². The Morgan fingerprint density at radius 1 is 1.21 bits per heavy atom. The van der Waals surface area contributed by atoms with E-state index < -0.39 is 6.04 Å². The molecule has 3 rings (SSSR count). The van der Waals surface area contributed by atoms with Crippen LogP contribution in [0, 0.1) is 6.92 Å². The Kier molecular flexibility index (Phi) is 5.94. The summed E-state index contributed by atoms with van der Waals surface area (Å²) in [7, 11) is 0. The molecule has 2 N–H and O–H groups in total. The maximum Gasteiger partial charge on any atom is 0.251 e. The van der Waals surface area contributed by atoms with E-state index in [1.54, 1.807) is 37.3 Å². The lowest BCUT2D eigenvalue weighted by molar-refractivity contribution is -0.117. The number of hydrogen-bond donors (Lipinski definition) is 2. The summed E-state index contributed by atoms with van der Waals surface area (Å²) in [6.45, 7) is 6.32. The Morgan fingerprint density at radius 3 is 2.71 bits per heavy atom. The van der Waals surface area contributed by atoms with Crippen molar-refractivity contribution in [3.8, 4) is 0 Å². The number of halogens is 1. The Morgan fingerprint density at radius 2 is 2.00 bits per heavy atom. The smallest absolute Gasteiger partial charge is 0.251 e. The third kappa shape index (κ3) is 4.31. The van der Waals surface area contributed by atoms with Crippen molar-refractivity contribution in [2.24, 2.45) is 0 Å². The minimum atomic E-state index is -0.714. The average Bonchev–Trinajstić information content (AvgIpc) is 3.06. The standard InChI is InChI=1S/C20H22ClN5O2/c1-4-9-26-18-8-5-14(11-17(18)24-25-26)20(28)22-13(3)19(27)23-16-7-6-15(21)10-12(16)2/h5-8,10-11,13H,4,9H2,1-3H3,(H,22,28)(H,23,27). The number of benzene rings is 2. The molecule has 0 aliphatic rings. The van der Waals surface area contributed by atoms with Gasteiger partial charge in [-0.05, 0) is 62.2 Å². The lowest BCUT2D eigenvalue weighted by atomic mass is 10.1. The second kappa shape index (κ2) is 8.39. The van der Waals surface area contributed by atoms with Crippen LogP contribution in [-0.4, -0.2) is 32.9 Å². The molecule has 1 aromatic heterocycles. The molecule has 0 aliphatic heterocycles. The van der Waals surface area contributed by atoms with Crippen LogP contribution in [0.5, 0.6) is 0 Å². The van der Waals surface area contributed by atoms with E-state index in [9.17, 15) is 9.59 Å². The summed E-state index contributed by atoms with van der Waals surface area (Å²) in [5, 5.41) is 14.3. The number of aryl methyl sites for hydroxylation is 2. The van der Waals surface area contributed by atoms with Gasteiger partial charge < -0.3 is 10.6 Å². The lowest BCUT2D eigenvalue weighted by Crippen LogP contribution is -2.41. The molecule has 2 aromatic carbocycles. The molecular weight excluding hydrogens is 378 g/mol. The van der Waals surface area contributed by atoms with Gasteiger partial charge in [0.2, 0.25) is 5.91 Å². The Labute approximate surface area is 168 Å². The van der Waals surface area contributed by atoms with Gasteiger partial charge in [0.05, 0.1) is 5.52 Å². The maximum absolute atomic E-state index is 12.5. The summed E-state index contributed by atoms with van der Waals surface area (Å²) in [6.07, 6.45) is 0.945. The zero-order valence-electron chi connectivity index (χ0n) is 16.0. The van der Waals surface area contributed by atoms with Crippen LogP contribution in [-0.2, 0) is 11.3 Å². The molecule has 2 amide bonds. The highest BCUT2D eigenvalue weighted by Crippen LogP contribution is 2.20. The van der Waals surface area contributed by atoms with Crippen LogP contribution < -0.4 is 10.6 Å². The van der Waals surface area contributed by atoms with Crippen LogP contribution in [0.25, 0.3) is 11.0 Å². The molecule has 0 fully saturated rings. The fourth-order valence-corrected chi connectivity index (χ4v) is 3.07. The number of anilines is 1. The first-order valence-corrected chi connectivity index (χ1v) is 9.48. The largest absolute Gasteiger partial charge is 0.341 e. The fourth-order valence-electron chi connectivity index (χ4n) is 2.84. The summed E-state index contributed by atoms with van der Waals surface area (Å²) < 4.78 is 1.81. The van der Waals surface area contributed by atoms with Crippen molar-refractivity contribution in [2.45, 2.75) is 39.8 Å². The van der Waals surface area contributed by atoms with Crippen LogP contribution >= 0.6 is 11.6 Å². The molecule has 1 heterocycles. The summed E-state index contributed by atoms with van der Waals surface area (Å²) >= 11 is 5.93. The molecule has 1 atom stereocenters. The molecule has 0 aliphatic carbocycles. The van der Waals surface area contributed by atoms with Crippen LogP contribution in [0.15, 0.2) is 36.4 Å². The molecule has 7 nitrogen and oxygen atoms in total. The van der Waals surface area contributed by atoms with E-state index in [2.05, 4.69) is 27.9 Å². The SMILES string of the molecule is CCCn1nnc2cc(C(=O)NC(C)C(=O)Nc3ccc(Cl)cc3C)ccc21. The second-order valence-corrected chi connectivity index (χ2v) is 7.10. The van der Waals surface area contributed by atoms with Crippen molar-refractivity contribution in [3.05, 3.63) is 52.5 Å². The van der Waals surface area contributed by atoms with Crippen molar-refractivity contribution in [1.82, 2.24) is 20.3 Å². The van der Waals surface area contributed by atoms with E-state index in [4.69, 9.17) is 11.6 Å². The zero-order valence-corrected chi connectivity index (χ0v) is 16.7. The van der Waals surface area contributed by atoms with Gasteiger partial charge in [-0.1, -0.05) is 23.7 Å². The molecule has 0 spiro atoms. The van der Waals surface area contributed by atoms with Gasteiger partial charge in [-0.15, -0.1) is 5.10 Å². The van der Waals surface area contributed by atoms with Gasteiger partial charge in [-0.2, -0.15) is 0 Å². The molecule has 0 saturated carbocycles. The zero-order chi connectivity index (χ0) is 20.3. The number of rotatable bonds is 6. The van der Waals surface area contributed by atoms with Crippen molar-refractivity contribution < 1.29 is 9.59 Å². The monoisotopic (exact) mass is 399 g/mol. The quantitative estimate of drug-likeness (QED) is 0.663. The van der Waals surface area contributed by atoms with Crippen LogP contribution in [0.1, 0.15) is 36.2 Å². The number of aromatic nitrogens is 3. The average molecular weight is 400 g/mol. The Balaban J connectivity index is 1.67. The van der Waals surface area contributed by atoms with Crippen molar-refractivity contribution >= 4 is 40.1 Å². The van der Waals surface area contributed by atoms with Gasteiger partial charge in [0.15, 0.2) is 0 Å². The molecule has 0 bridgehead atoms. The van der Waals surface area contributed by atoms with E-state index in [1.165, 1.54) is 0 Å². The third-order valence-corrected chi connectivity index (χ3v) is 4.63. The Hall–Kier alpha value is -2.93. The predicted octanol–water partition coefficient (Wildman–Crippen LogP) is 3.56. The van der Waals surface area contributed by atoms with Crippen LogP contribution in [0.4, 0.5) is 5.69 Å². The van der Waals surface area contributed by atoms with Crippen LogP contribution in [0.3, 0.4) is 0 Å². The molecule has 8 heteroatoms. The summed E-state index contributed by atoms with van der Waals surface area (Å²) in [4.78, 5) is 25.0. The first kappa shape index (κ1) is 19.8. The number of carbonyl (C=O) groups excluding carboxylic acids is 2. The topological polar surface area (TPSA) is 88.9 Å². The summed E-state index contributed by atoms with van der Waals surface area (Å²) in [6, 6.07) is 9.70. The molecular formula is C20H22ClN5O2. The van der Waals surface area contributed by atoms with Gasteiger partial charge in [0.25, 0.3) is 5.91 Å². The molecule has 3 aromatic rings. The van der Waals surface area contributed by atoms with E-state index >= 15 is 0 Å². The first-order valence-electron chi connectivity index (χ1n) is 9.10. The molecule has 28 heavy (non-hydrogen) atoms. The third-order valence-electron chi connectivity index (χ3n) is 4.40. The van der Waals surface area contributed by atoms with E-state index in [0.717, 1.165) is 24.0 Å². The minimum absolute atomic E-state index is 0.311. The van der Waals surface area contributed by atoms with Gasteiger partial charge in [-0.3, -0.25) is 9.59 Å². The Bertz CT molecular complexity index is 1030. The molecule has 146 valence electrons. The summed E-state index contributed by atoms with van der Waals surface area (Å²) in [5.41, 5.74) is 3.46. The number of nitrogens with zero attached hydrogens (tertiary/aromatic N) is 3. The molecule has 0 radical (unpaired) electrons. The first-order chi connectivity index (χ1) is 13.4. The number of fused-ring (bicyclic) bond motifs is 1. The van der Waals surface area contributed by atoms with Gasteiger partial charge in [0.1, 0.15) is 11.6 Å². The number of hydrogen-bond acceptors (Lipinski definition) is 4. The van der Waals surface area contributed by atoms with Crippen molar-refractivity contribution in [2.75, 3.05) is 5.32 Å². The van der Waals surface area contributed by atoms with Crippen molar-refractivity contribution in [1.29, 1.82) is 0 Å². The predicted molar refractivity (Wildman–Crippen MR) is 110 cm³/mol. The van der Waals surface area contributed by atoms with Crippen molar-refractivity contribution in [3.63, 3.8) is 0 Å². The van der Waals surface area contributed by atoms with Gasteiger partial charge in [0, 0.05) is 22.8 Å². The van der Waals surface area contributed by atoms with Gasteiger partial charge >= 0.3 is 0 Å². The highest BCUT2D eigenvalue weighted by atomic mass is 35.5. The van der Waals surface area contributed by atoms with E-state index in [0.29, 0.717) is 21.8 Å². The normalized spacial score (nSPS) is 12.0. The number of nitrogens with one attached hydrogen (secondary N) is 2. The van der Waals surface area contributed by atoms with Crippen LogP contribution in [0.2, 0.25) is 5.02 Å². The number of amides is 2. The maximum atomic E-state index is 12.5. The van der Waals surface area contributed by atoms with E-state index in [1.807, 2.05) is 17.7 Å². The molecule has 0 saturated heterocycles. The lowest BCUT2D eigenvalue weighted by Gasteiger charge is -2.15.